The van der Waals surface area contributed by atoms with Crippen LogP contribution in [0, 0.1) is 0 Å². The Morgan fingerprint density at radius 1 is 0.939 bits per heavy atom. The molecule has 162 valence electrons. The van der Waals surface area contributed by atoms with Crippen molar-refractivity contribution in [1.82, 2.24) is 30.0 Å². The zero-order valence-electron chi connectivity index (χ0n) is 18.3. The molecule has 0 aliphatic heterocycles. The van der Waals surface area contributed by atoms with Crippen molar-refractivity contribution < 1.29 is 0 Å². The molecule has 6 rings (SSSR count). The maximum absolute atomic E-state index is 4.64. The van der Waals surface area contributed by atoms with Crippen LogP contribution in [0.5, 0.6) is 0 Å². The van der Waals surface area contributed by atoms with Crippen LogP contribution in [0.15, 0.2) is 71.8 Å². The molecule has 6 nitrogen and oxygen atoms in total. The third-order valence-electron chi connectivity index (χ3n) is 5.81. The van der Waals surface area contributed by atoms with Gasteiger partial charge in [-0.25, -0.2) is 4.98 Å². The number of pyridine rings is 2. The fraction of sp³-hybridized carbons (Fsp3) is 0.115. The molecule has 6 aromatic rings. The maximum atomic E-state index is 4.64. The number of thiophene rings is 1. The van der Waals surface area contributed by atoms with Gasteiger partial charge in [0, 0.05) is 41.5 Å². The second-order valence-electron chi connectivity index (χ2n) is 8.47. The molecule has 0 fully saturated rings. The zero-order valence-corrected chi connectivity index (χ0v) is 19.1. The van der Waals surface area contributed by atoms with Gasteiger partial charge in [0.1, 0.15) is 11.3 Å². The molecule has 1 aromatic carbocycles. The van der Waals surface area contributed by atoms with E-state index in [1.54, 1.807) is 11.3 Å². The summed E-state index contributed by atoms with van der Waals surface area (Å²) in [5.74, 6) is 0. The summed E-state index contributed by atoms with van der Waals surface area (Å²) in [6.45, 7) is 0.856. The van der Waals surface area contributed by atoms with Crippen LogP contribution in [0.3, 0.4) is 0 Å². The number of nitrogens with one attached hydrogen (secondary N) is 2. The van der Waals surface area contributed by atoms with Gasteiger partial charge in [0.2, 0.25) is 0 Å². The number of hydrogen-bond acceptors (Lipinski definition) is 5. The topological polar surface area (TPSA) is 73.5 Å². The summed E-state index contributed by atoms with van der Waals surface area (Å²) in [5, 5.41) is 14.2. The minimum absolute atomic E-state index is 0.856. The molecular weight excluding hydrogens is 428 g/mol. The van der Waals surface area contributed by atoms with Crippen molar-refractivity contribution in [1.29, 1.82) is 0 Å². The summed E-state index contributed by atoms with van der Waals surface area (Å²) < 4.78 is 0. The largest absolute Gasteiger partial charge is 0.338 e. The Kier molecular flexibility index (Phi) is 4.78. The Balaban J connectivity index is 1.45. The molecule has 0 amide bonds. The van der Waals surface area contributed by atoms with E-state index in [1.807, 2.05) is 18.6 Å². The molecule has 0 bridgehead atoms. The van der Waals surface area contributed by atoms with E-state index < -0.39 is 0 Å². The van der Waals surface area contributed by atoms with Crippen LogP contribution in [-0.4, -0.2) is 44.1 Å². The highest BCUT2D eigenvalue weighted by molar-refractivity contribution is 7.08. The molecule has 0 atom stereocenters. The molecule has 0 aliphatic rings. The van der Waals surface area contributed by atoms with E-state index in [2.05, 4.69) is 97.4 Å². The van der Waals surface area contributed by atoms with Gasteiger partial charge in [-0.2, -0.15) is 16.4 Å². The van der Waals surface area contributed by atoms with Crippen molar-refractivity contribution in [2.24, 2.45) is 0 Å². The summed E-state index contributed by atoms with van der Waals surface area (Å²) in [7, 11) is 4.13. The smallest absolute Gasteiger partial charge is 0.138 e. The lowest BCUT2D eigenvalue weighted by atomic mass is 10.0. The van der Waals surface area contributed by atoms with Crippen LogP contribution in [0.1, 0.15) is 5.56 Å². The summed E-state index contributed by atoms with van der Waals surface area (Å²) in [4.78, 5) is 14.6. The van der Waals surface area contributed by atoms with Crippen LogP contribution >= 0.6 is 11.3 Å². The summed E-state index contributed by atoms with van der Waals surface area (Å²) in [5.41, 5.74) is 9.48. The van der Waals surface area contributed by atoms with Gasteiger partial charge in [-0.1, -0.05) is 6.07 Å². The Morgan fingerprint density at radius 2 is 1.88 bits per heavy atom. The summed E-state index contributed by atoms with van der Waals surface area (Å²) in [6.07, 6.45) is 5.69. The predicted molar refractivity (Wildman–Crippen MR) is 135 cm³/mol. The van der Waals surface area contributed by atoms with Crippen LogP contribution in [-0.2, 0) is 6.54 Å². The molecule has 7 heteroatoms. The second kappa shape index (κ2) is 7.95. The standard InChI is InChI=1S/C26H22N6S/c1-32(2)14-16-9-19(13-27-12-16)17-3-4-23-22(10-17)25(31-30-23)24-11-21-20(18-6-8-33-15-18)5-7-28-26(21)29-24/h3-13,15H,14H2,1-2H3,(H,28,29)(H,30,31). The predicted octanol–water partition coefficient (Wildman–Crippen LogP) is 5.96. The molecule has 0 radical (unpaired) electrons. The maximum Gasteiger partial charge on any atom is 0.138 e. The Labute approximate surface area is 195 Å². The first-order chi connectivity index (χ1) is 16.2. The van der Waals surface area contributed by atoms with Gasteiger partial charge in [0.05, 0.1) is 11.2 Å². The van der Waals surface area contributed by atoms with Crippen molar-refractivity contribution in [3.63, 3.8) is 0 Å². The summed E-state index contributed by atoms with van der Waals surface area (Å²) in [6, 6.07) is 14.9. The monoisotopic (exact) mass is 450 g/mol. The van der Waals surface area contributed by atoms with Gasteiger partial charge >= 0.3 is 0 Å². The number of fused-ring (bicyclic) bond motifs is 2. The first kappa shape index (κ1) is 19.8. The lowest BCUT2D eigenvalue weighted by Gasteiger charge is -2.10. The van der Waals surface area contributed by atoms with E-state index in [9.17, 15) is 0 Å². The fourth-order valence-corrected chi connectivity index (χ4v) is 4.98. The van der Waals surface area contributed by atoms with Gasteiger partial charge in [-0.15, -0.1) is 0 Å². The van der Waals surface area contributed by atoms with Crippen LogP contribution in [0.25, 0.3) is 55.6 Å². The van der Waals surface area contributed by atoms with Crippen molar-refractivity contribution in [2.75, 3.05) is 14.1 Å². The van der Waals surface area contributed by atoms with Gasteiger partial charge in [-0.3, -0.25) is 10.1 Å². The van der Waals surface area contributed by atoms with Crippen LogP contribution < -0.4 is 0 Å². The first-order valence-electron chi connectivity index (χ1n) is 10.7. The highest BCUT2D eigenvalue weighted by Gasteiger charge is 2.15. The second-order valence-corrected chi connectivity index (χ2v) is 9.25. The fourth-order valence-electron chi connectivity index (χ4n) is 4.32. The highest BCUT2D eigenvalue weighted by atomic mass is 32.1. The normalized spacial score (nSPS) is 11.7. The Hall–Kier alpha value is -3.81. The van der Waals surface area contributed by atoms with Crippen molar-refractivity contribution >= 4 is 33.3 Å². The lowest BCUT2D eigenvalue weighted by Crippen LogP contribution is -2.10. The van der Waals surface area contributed by atoms with E-state index >= 15 is 0 Å². The van der Waals surface area contributed by atoms with E-state index in [0.29, 0.717) is 0 Å². The average Bonchev–Trinajstić information content (AvgIpc) is 3.57. The molecule has 0 saturated carbocycles. The first-order valence-corrected chi connectivity index (χ1v) is 11.7. The molecule has 5 heterocycles. The van der Waals surface area contributed by atoms with Crippen molar-refractivity contribution in [3.05, 3.63) is 77.4 Å². The number of benzene rings is 1. The van der Waals surface area contributed by atoms with Gasteiger partial charge in [-0.05, 0) is 83.5 Å². The molecule has 0 unspecified atom stereocenters. The number of H-pyrrole nitrogens is 2. The van der Waals surface area contributed by atoms with Gasteiger partial charge in [0.15, 0.2) is 0 Å². The average molecular weight is 451 g/mol. The third-order valence-corrected chi connectivity index (χ3v) is 6.49. The molecule has 0 saturated heterocycles. The van der Waals surface area contributed by atoms with Crippen LogP contribution in [0.2, 0.25) is 0 Å². The highest BCUT2D eigenvalue weighted by Crippen LogP contribution is 2.35. The van der Waals surface area contributed by atoms with Crippen LogP contribution in [0.4, 0.5) is 0 Å². The zero-order chi connectivity index (χ0) is 22.4. The number of rotatable bonds is 5. The van der Waals surface area contributed by atoms with Gasteiger partial charge < -0.3 is 9.88 Å². The molecule has 0 spiro atoms. The number of hydrogen-bond donors (Lipinski definition) is 2. The minimum atomic E-state index is 0.856. The third kappa shape index (κ3) is 3.61. The molecular formula is C26H22N6S. The van der Waals surface area contributed by atoms with Gasteiger partial charge in [0.25, 0.3) is 0 Å². The number of nitrogens with zero attached hydrogens (tertiary/aromatic N) is 4. The lowest BCUT2D eigenvalue weighted by molar-refractivity contribution is 0.402. The summed E-state index contributed by atoms with van der Waals surface area (Å²) >= 11 is 1.70. The molecule has 5 aromatic heterocycles. The molecule has 2 N–H and O–H groups in total. The number of aromatic nitrogens is 5. The van der Waals surface area contributed by atoms with E-state index in [1.165, 1.54) is 16.7 Å². The quantitative estimate of drug-likeness (QED) is 0.340. The molecule has 0 aliphatic carbocycles. The minimum Gasteiger partial charge on any atom is -0.338 e. The SMILES string of the molecule is CN(C)Cc1cncc(-c2ccc3[nH]nc(-c4cc5c(-c6ccsc6)ccnc5[nH]4)c3c2)c1. The van der Waals surface area contributed by atoms with Crippen molar-refractivity contribution in [3.8, 4) is 33.6 Å². The van der Waals surface area contributed by atoms with E-state index in [0.717, 1.165) is 51.0 Å². The molecule has 33 heavy (non-hydrogen) atoms. The van der Waals surface area contributed by atoms with E-state index in [4.69, 9.17) is 0 Å². The Morgan fingerprint density at radius 3 is 2.73 bits per heavy atom. The van der Waals surface area contributed by atoms with Crippen molar-refractivity contribution in [2.45, 2.75) is 6.54 Å². The number of aromatic amines is 2. The van der Waals surface area contributed by atoms with E-state index in [-0.39, 0.29) is 0 Å². The Bertz CT molecular complexity index is 1580.